The predicted molar refractivity (Wildman–Crippen MR) is 151 cm³/mol. The second-order valence-corrected chi connectivity index (χ2v) is 10.2. The number of halogens is 3. The average molecular weight is 560 g/mol. The van der Waals surface area contributed by atoms with E-state index in [1.54, 1.807) is 36.1 Å². The fourth-order valence-electron chi connectivity index (χ4n) is 5.34. The maximum atomic E-state index is 12.3. The average Bonchev–Trinajstić information content (AvgIpc) is 3.21. The number of amides is 1. The molecule has 3 heterocycles. The molecule has 2 aromatic heterocycles. The van der Waals surface area contributed by atoms with Gasteiger partial charge in [0.1, 0.15) is 0 Å². The highest BCUT2D eigenvalue weighted by atomic mass is 19.4. The molecule has 0 spiro atoms. The van der Waals surface area contributed by atoms with Gasteiger partial charge in [-0.2, -0.15) is 18.3 Å². The van der Waals surface area contributed by atoms with E-state index in [9.17, 15) is 18.0 Å². The molecule has 1 fully saturated rings. The SMILES string of the molecule is C=C.Cn1ncc2cccc(C(N)=O)c21.FC(F)(F)COc1ccc2c(n1)CCN(CCC1CCCCC1)CC2. The quantitative estimate of drug-likeness (QED) is 0.382. The first-order valence-corrected chi connectivity index (χ1v) is 13.8. The van der Waals surface area contributed by atoms with E-state index in [2.05, 4.69) is 28.1 Å². The Morgan fingerprint density at radius 2 is 1.82 bits per heavy atom. The van der Waals surface area contributed by atoms with Crippen molar-refractivity contribution < 1.29 is 22.7 Å². The fourth-order valence-corrected chi connectivity index (χ4v) is 5.34. The van der Waals surface area contributed by atoms with Crippen LogP contribution < -0.4 is 10.5 Å². The van der Waals surface area contributed by atoms with Crippen LogP contribution >= 0.6 is 0 Å². The third kappa shape index (κ3) is 9.08. The molecule has 0 bridgehead atoms. The Bertz CT molecular complexity index is 1240. The van der Waals surface area contributed by atoms with Crippen LogP contribution in [0, 0.1) is 5.92 Å². The molecule has 10 heteroatoms. The highest BCUT2D eigenvalue weighted by Gasteiger charge is 2.29. The van der Waals surface area contributed by atoms with Gasteiger partial charge < -0.3 is 15.4 Å². The van der Waals surface area contributed by atoms with E-state index in [1.165, 1.54) is 38.5 Å². The van der Waals surface area contributed by atoms with Gasteiger partial charge in [-0.15, -0.1) is 13.2 Å². The number of rotatable bonds is 6. The number of aryl methyl sites for hydroxylation is 1. The second kappa shape index (κ2) is 14.8. The Kier molecular flexibility index (Phi) is 11.5. The van der Waals surface area contributed by atoms with Crippen LogP contribution in [0.15, 0.2) is 49.7 Å². The number of carbonyl (C=O) groups excluding carboxylic acids is 1. The molecule has 1 aliphatic carbocycles. The van der Waals surface area contributed by atoms with Crippen LogP contribution in [-0.4, -0.2) is 58.0 Å². The zero-order valence-electron chi connectivity index (χ0n) is 23.3. The first-order valence-electron chi connectivity index (χ1n) is 13.8. The van der Waals surface area contributed by atoms with Gasteiger partial charge in [0.2, 0.25) is 5.88 Å². The molecular formula is C30H40F3N5O2. The predicted octanol–water partition coefficient (Wildman–Crippen LogP) is 5.87. The van der Waals surface area contributed by atoms with Crippen molar-refractivity contribution in [2.75, 3.05) is 26.2 Å². The maximum absolute atomic E-state index is 12.3. The molecule has 40 heavy (non-hydrogen) atoms. The van der Waals surface area contributed by atoms with Gasteiger partial charge >= 0.3 is 6.18 Å². The zero-order valence-corrected chi connectivity index (χ0v) is 23.3. The molecule has 3 aromatic rings. The summed E-state index contributed by atoms with van der Waals surface area (Å²) in [5.41, 5.74) is 8.55. The first kappa shape index (κ1) is 31.1. The third-order valence-corrected chi connectivity index (χ3v) is 7.39. The smallest absolute Gasteiger partial charge is 0.422 e. The molecule has 2 aliphatic rings. The summed E-state index contributed by atoms with van der Waals surface area (Å²) in [7, 11) is 1.79. The van der Waals surface area contributed by atoms with Gasteiger partial charge in [-0.05, 0) is 36.9 Å². The standard InChI is InChI=1S/C19H27F3N2O.C9H9N3O.C2H4/c20-19(21,22)14-25-18-7-6-16-9-12-24(13-10-17(16)23-18)11-8-15-4-2-1-3-5-15;1-12-8-6(5-11-12)3-2-4-7(8)9(10)13;1-2/h6-7,15H,1-5,8-14H2;2-5H,1H3,(H2,10,13);1-2H2. The lowest BCUT2D eigenvalue weighted by molar-refractivity contribution is -0.154. The van der Waals surface area contributed by atoms with E-state index in [0.717, 1.165) is 60.6 Å². The summed E-state index contributed by atoms with van der Waals surface area (Å²) in [5.74, 6) is 0.529. The van der Waals surface area contributed by atoms with Crippen LogP contribution in [0.2, 0.25) is 0 Å². The van der Waals surface area contributed by atoms with Gasteiger partial charge in [-0.1, -0.05) is 50.3 Å². The van der Waals surface area contributed by atoms with E-state index in [4.69, 9.17) is 10.5 Å². The Labute approximate surface area is 234 Å². The number of hydrogen-bond donors (Lipinski definition) is 1. The highest BCUT2D eigenvalue weighted by molar-refractivity contribution is 6.04. The minimum atomic E-state index is -4.33. The van der Waals surface area contributed by atoms with Crippen LogP contribution in [0.25, 0.3) is 10.9 Å². The molecule has 5 rings (SSSR count). The molecule has 218 valence electrons. The summed E-state index contributed by atoms with van der Waals surface area (Å²) in [6.45, 7) is 7.77. The van der Waals surface area contributed by atoms with E-state index in [1.807, 2.05) is 12.1 Å². The lowest BCUT2D eigenvalue weighted by Gasteiger charge is -2.26. The van der Waals surface area contributed by atoms with Crippen LogP contribution in [-0.2, 0) is 19.9 Å². The Morgan fingerprint density at radius 1 is 1.10 bits per heavy atom. The van der Waals surface area contributed by atoms with Crippen molar-refractivity contribution in [2.45, 2.75) is 57.5 Å². The molecule has 2 N–H and O–H groups in total. The van der Waals surface area contributed by atoms with Crippen molar-refractivity contribution in [1.29, 1.82) is 0 Å². The van der Waals surface area contributed by atoms with Crippen molar-refractivity contribution in [3.8, 4) is 5.88 Å². The van der Waals surface area contributed by atoms with Gasteiger partial charge in [0.15, 0.2) is 6.61 Å². The van der Waals surface area contributed by atoms with Gasteiger partial charge in [-0.25, -0.2) is 4.98 Å². The summed E-state index contributed by atoms with van der Waals surface area (Å²) >= 11 is 0. The fraction of sp³-hybridized carbons (Fsp3) is 0.500. The highest BCUT2D eigenvalue weighted by Crippen LogP contribution is 2.27. The van der Waals surface area contributed by atoms with Crippen LogP contribution in [0.1, 0.15) is 60.1 Å². The van der Waals surface area contributed by atoms with Gasteiger partial charge in [-0.3, -0.25) is 9.48 Å². The van der Waals surface area contributed by atoms with Crippen molar-refractivity contribution in [2.24, 2.45) is 18.7 Å². The van der Waals surface area contributed by atoms with Crippen molar-refractivity contribution in [1.82, 2.24) is 19.7 Å². The first-order chi connectivity index (χ1) is 19.2. The van der Waals surface area contributed by atoms with Crippen LogP contribution in [0.5, 0.6) is 5.88 Å². The number of nitrogens with zero attached hydrogens (tertiary/aromatic N) is 4. The maximum Gasteiger partial charge on any atom is 0.422 e. The molecule has 7 nitrogen and oxygen atoms in total. The molecule has 0 atom stereocenters. The van der Waals surface area contributed by atoms with Gasteiger partial charge in [0, 0.05) is 43.7 Å². The normalized spacial score (nSPS) is 16.1. The summed E-state index contributed by atoms with van der Waals surface area (Å²) in [5, 5.41) is 4.98. The molecule has 0 saturated heterocycles. The summed E-state index contributed by atoms with van der Waals surface area (Å²) in [6, 6.07) is 8.83. The second-order valence-electron chi connectivity index (χ2n) is 10.2. The van der Waals surface area contributed by atoms with E-state index in [-0.39, 0.29) is 5.88 Å². The number of fused-ring (bicyclic) bond motifs is 2. The molecular weight excluding hydrogens is 519 g/mol. The Morgan fingerprint density at radius 3 is 2.52 bits per heavy atom. The minimum absolute atomic E-state index is 0.0757. The van der Waals surface area contributed by atoms with Crippen molar-refractivity contribution in [3.05, 3.63) is 66.5 Å². The topological polar surface area (TPSA) is 86.3 Å². The number of carbonyl (C=O) groups is 1. The minimum Gasteiger partial charge on any atom is -0.468 e. The number of primary amides is 1. The molecule has 1 saturated carbocycles. The number of hydrogen-bond acceptors (Lipinski definition) is 5. The third-order valence-electron chi connectivity index (χ3n) is 7.39. The molecule has 1 amide bonds. The van der Waals surface area contributed by atoms with Crippen molar-refractivity contribution >= 4 is 16.8 Å². The summed E-state index contributed by atoms with van der Waals surface area (Å²) in [4.78, 5) is 17.8. The summed E-state index contributed by atoms with van der Waals surface area (Å²) < 4.78 is 43.3. The van der Waals surface area contributed by atoms with Crippen molar-refractivity contribution in [3.63, 3.8) is 0 Å². The Balaban J connectivity index is 0.000000246. The lowest BCUT2D eigenvalue weighted by atomic mass is 9.87. The van der Waals surface area contributed by atoms with E-state index >= 15 is 0 Å². The molecule has 0 radical (unpaired) electrons. The molecule has 1 aliphatic heterocycles. The molecule has 0 unspecified atom stereocenters. The number of benzene rings is 1. The number of pyridine rings is 1. The lowest BCUT2D eigenvalue weighted by Crippen LogP contribution is -2.29. The number of ether oxygens (including phenoxy) is 1. The van der Waals surface area contributed by atoms with Crippen LogP contribution in [0.4, 0.5) is 13.2 Å². The zero-order chi connectivity index (χ0) is 29.1. The number of nitrogens with two attached hydrogens (primary N) is 1. The van der Waals surface area contributed by atoms with E-state index in [0.29, 0.717) is 5.56 Å². The number of para-hydroxylation sites is 1. The monoisotopic (exact) mass is 559 g/mol. The van der Waals surface area contributed by atoms with Gasteiger partial charge in [0.25, 0.3) is 5.91 Å². The number of alkyl halides is 3. The summed E-state index contributed by atoms with van der Waals surface area (Å²) in [6.07, 6.45) is 7.22. The Hall–Kier alpha value is -3.40. The van der Waals surface area contributed by atoms with Gasteiger partial charge in [0.05, 0.1) is 17.3 Å². The number of aromatic nitrogens is 3. The largest absolute Gasteiger partial charge is 0.468 e. The van der Waals surface area contributed by atoms with E-state index < -0.39 is 18.7 Å². The van der Waals surface area contributed by atoms with Crippen LogP contribution in [0.3, 0.4) is 0 Å². The molecule has 1 aromatic carbocycles.